The lowest BCUT2D eigenvalue weighted by Gasteiger charge is -2.33. The number of ether oxygens (including phenoxy) is 2. The van der Waals surface area contributed by atoms with Crippen LogP contribution in [-0.4, -0.2) is 72.4 Å². The Bertz CT molecular complexity index is 1240. The van der Waals surface area contributed by atoms with Crippen LogP contribution < -0.4 is 9.47 Å². The maximum absolute atomic E-state index is 13.2. The fourth-order valence-corrected chi connectivity index (χ4v) is 4.85. The topological polar surface area (TPSA) is 116 Å². The standard InChI is InChI=1S/C20H23N5O5S/c1-29-15-7-6-13(9-16(15)30-2)19(26)24-8-4-5-14(11-24)18-17(31(3,27)28)10-21-20-22-12-23-25(18)20/h6-7,9-10,12,14H,4-5,8,11H2,1-3H3/t14-/m0/s1. The Morgan fingerprint density at radius 2 is 1.94 bits per heavy atom. The summed E-state index contributed by atoms with van der Waals surface area (Å²) in [6, 6.07) is 5.03. The molecule has 1 fully saturated rings. The van der Waals surface area contributed by atoms with Gasteiger partial charge in [0.05, 0.1) is 26.1 Å². The third kappa shape index (κ3) is 3.92. The maximum atomic E-state index is 13.2. The number of likely N-dealkylation sites (tertiary alicyclic amines) is 1. The zero-order chi connectivity index (χ0) is 22.2. The first-order chi connectivity index (χ1) is 14.8. The van der Waals surface area contributed by atoms with Crippen molar-refractivity contribution in [3.8, 4) is 11.5 Å². The number of methoxy groups -OCH3 is 2. The molecule has 10 nitrogen and oxygen atoms in total. The Hall–Kier alpha value is -3.21. The second kappa shape index (κ2) is 8.14. The molecule has 1 aliphatic heterocycles. The van der Waals surface area contributed by atoms with Crippen LogP contribution in [0.5, 0.6) is 11.5 Å². The Morgan fingerprint density at radius 1 is 1.16 bits per heavy atom. The summed E-state index contributed by atoms with van der Waals surface area (Å²) >= 11 is 0. The summed E-state index contributed by atoms with van der Waals surface area (Å²) in [6.45, 7) is 0.929. The van der Waals surface area contributed by atoms with Gasteiger partial charge in [-0.15, -0.1) is 0 Å². The number of amides is 1. The van der Waals surface area contributed by atoms with Crippen LogP contribution in [-0.2, 0) is 9.84 Å². The molecule has 11 heteroatoms. The maximum Gasteiger partial charge on any atom is 0.254 e. The van der Waals surface area contributed by atoms with Gasteiger partial charge in [-0.25, -0.2) is 13.4 Å². The molecule has 3 heterocycles. The van der Waals surface area contributed by atoms with Gasteiger partial charge in [0.15, 0.2) is 21.3 Å². The minimum Gasteiger partial charge on any atom is -0.493 e. The number of nitrogens with zero attached hydrogens (tertiary/aromatic N) is 5. The summed E-state index contributed by atoms with van der Waals surface area (Å²) in [6.07, 6.45) is 5.26. The average Bonchev–Trinajstić information content (AvgIpc) is 3.25. The zero-order valence-corrected chi connectivity index (χ0v) is 18.3. The van der Waals surface area contributed by atoms with Crippen LogP contribution in [0.3, 0.4) is 0 Å². The molecule has 1 amide bonds. The monoisotopic (exact) mass is 445 g/mol. The first kappa shape index (κ1) is 21.0. The van der Waals surface area contributed by atoms with E-state index >= 15 is 0 Å². The molecule has 1 aliphatic rings. The SMILES string of the molecule is COc1ccc(C(=O)N2CCC[C@H](c3c(S(C)(=O)=O)cnc4ncnn34)C2)cc1OC. The lowest BCUT2D eigenvalue weighted by atomic mass is 9.94. The largest absolute Gasteiger partial charge is 0.493 e. The highest BCUT2D eigenvalue weighted by Crippen LogP contribution is 2.33. The number of piperidine rings is 1. The first-order valence-electron chi connectivity index (χ1n) is 9.73. The first-order valence-corrected chi connectivity index (χ1v) is 11.6. The third-order valence-corrected chi connectivity index (χ3v) is 6.55. The van der Waals surface area contributed by atoms with Crippen molar-refractivity contribution >= 4 is 21.5 Å². The number of rotatable bonds is 5. The minimum atomic E-state index is -3.54. The Balaban J connectivity index is 1.69. The number of benzene rings is 1. The van der Waals surface area contributed by atoms with Gasteiger partial charge in [0.1, 0.15) is 11.2 Å². The number of fused-ring (bicyclic) bond motifs is 1. The van der Waals surface area contributed by atoms with Crippen LogP contribution in [0.15, 0.2) is 35.6 Å². The molecule has 0 radical (unpaired) electrons. The minimum absolute atomic E-state index is 0.107. The second-order valence-corrected chi connectivity index (χ2v) is 9.40. The third-order valence-electron chi connectivity index (χ3n) is 5.43. The summed E-state index contributed by atoms with van der Waals surface area (Å²) in [5.74, 6) is 0.953. The van der Waals surface area contributed by atoms with Crippen LogP contribution in [0.2, 0.25) is 0 Å². The predicted octanol–water partition coefficient (Wildman–Crippen LogP) is 1.56. The normalized spacial score (nSPS) is 17.0. The summed E-state index contributed by atoms with van der Waals surface area (Å²) in [5, 5.41) is 4.18. The van der Waals surface area contributed by atoms with Crippen molar-refractivity contribution in [3.63, 3.8) is 0 Å². The summed E-state index contributed by atoms with van der Waals surface area (Å²) in [7, 11) is -0.492. The molecular weight excluding hydrogens is 422 g/mol. The van der Waals surface area contributed by atoms with E-state index in [1.165, 1.54) is 31.3 Å². The van der Waals surface area contributed by atoms with Crippen molar-refractivity contribution < 1.29 is 22.7 Å². The van der Waals surface area contributed by atoms with E-state index in [9.17, 15) is 13.2 Å². The smallest absolute Gasteiger partial charge is 0.254 e. The van der Waals surface area contributed by atoms with Gasteiger partial charge in [0, 0.05) is 30.8 Å². The van der Waals surface area contributed by atoms with E-state index in [0.717, 1.165) is 19.1 Å². The highest BCUT2D eigenvalue weighted by atomic mass is 32.2. The molecule has 0 aliphatic carbocycles. The van der Waals surface area contributed by atoms with Crippen molar-refractivity contribution in [1.29, 1.82) is 0 Å². The van der Waals surface area contributed by atoms with Gasteiger partial charge in [-0.1, -0.05) is 0 Å². The fourth-order valence-electron chi connectivity index (χ4n) is 3.98. The van der Waals surface area contributed by atoms with E-state index in [2.05, 4.69) is 15.1 Å². The van der Waals surface area contributed by atoms with E-state index in [4.69, 9.17) is 9.47 Å². The van der Waals surface area contributed by atoms with Crippen molar-refractivity contribution in [2.45, 2.75) is 23.7 Å². The summed E-state index contributed by atoms with van der Waals surface area (Å²) < 4.78 is 36.9. The highest BCUT2D eigenvalue weighted by molar-refractivity contribution is 7.90. The van der Waals surface area contributed by atoms with Crippen LogP contribution in [0.25, 0.3) is 5.78 Å². The Labute approximate surface area is 179 Å². The molecule has 2 aromatic heterocycles. The Kier molecular flexibility index (Phi) is 5.52. The lowest BCUT2D eigenvalue weighted by molar-refractivity contribution is 0.0704. The quantitative estimate of drug-likeness (QED) is 0.581. The van der Waals surface area contributed by atoms with E-state index in [1.807, 2.05) is 0 Å². The van der Waals surface area contributed by atoms with E-state index < -0.39 is 9.84 Å². The van der Waals surface area contributed by atoms with Gasteiger partial charge in [-0.2, -0.15) is 14.6 Å². The van der Waals surface area contributed by atoms with Crippen molar-refractivity contribution in [2.75, 3.05) is 33.6 Å². The predicted molar refractivity (Wildman–Crippen MR) is 111 cm³/mol. The molecule has 4 rings (SSSR count). The molecule has 0 unspecified atom stereocenters. The molecule has 31 heavy (non-hydrogen) atoms. The van der Waals surface area contributed by atoms with Crippen LogP contribution in [0.4, 0.5) is 0 Å². The number of sulfone groups is 1. The van der Waals surface area contributed by atoms with Gasteiger partial charge < -0.3 is 14.4 Å². The van der Waals surface area contributed by atoms with Gasteiger partial charge >= 0.3 is 0 Å². The molecule has 0 bridgehead atoms. The number of carbonyl (C=O) groups is 1. The van der Waals surface area contributed by atoms with Crippen LogP contribution in [0.1, 0.15) is 34.8 Å². The number of carbonyl (C=O) groups excluding carboxylic acids is 1. The average molecular weight is 446 g/mol. The fraction of sp³-hybridized carbons (Fsp3) is 0.400. The number of hydrogen-bond donors (Lipinski definition) is 0. The van der Waals surface area contributed by atoms with E-state index in [0.29, 0.717) is 41.6 Å². The Morgan fingerprint density at radius 3 is 2.65 bits per heavy atom. The van der Waals surface area contributed by atoms with Crippen molar-refractivity contribution in [3.05, 3.63) is 42.0 Å². The van der Waals surface area contributed by atoms with Crippen LogP contribution >= 0.6 is 0 Å². The van der Waals surface area contributed by atoms with Crippen LogP contribution in [0, 0.1) is 0 Å². The summed E-state index contributed by atoms with van der Waals surface area (Å²) in [5.41, 5.74) is 0.983. The van der Waals surface area contributed by atoms with Gasteiger partial charge in [0.2, 0.25) is 0 Å². The molecule has 3 aromatic rings. The van der Waals surface area contributed by atoms with Gasteiger partial charge in [-0.05, 0) is 31.0 Å². The molecule has 0 N–H and O–H groups in total. The van der Waals surface area contributed by atoms with E-state index in [1.54, 1.807) is 23.1 Å². The molecule has 0 saturated carbocycles. The zero-order valence-electron chi connectivity index (χ0n) is 17.5. The molecular formula is C20H23N5O5S. The lowest BCUT2D eigenvalue weighted by Crippen LogP contribution is -2.40. The molecule has 1 aromatic carbocycles. The van der Waals surface area contributed by atoms with Crippen molar-refractivity contribution in [2.24, 2.45) is 0 Å². The van der Waals surface area contributed by atoms with Gasteiger partial charge in [-0.3, -0.25) is 4.79 Å². The second-order valence-electron chi connectivity index (χ2n) is 7.41. The van der Waals surface area contributed by atoms with Crippen molar-refractivity contribution in [1.82, 2.24) is 24.5 Å². The van der Waals surface area contributed by atoms with Gasteiger partial charge in [0.25, 0.3) is 11.7 Å². The summed E-state index contributed by atoms with van der Waals surface area (Å²) in [4.78, 5) is 23.2. The highest BCUT2D eigenvalue weighted by Gasteiger charge is 2.31. The molecule has 164 valence electrons. The molecule has 1 atom stereocenters. The molecule has 0 spiro atoms. The number of aromatic nitrogens is 4. The van der Waals surface area contributed by atoms with E-state index in [-0.39, 0.29) is 16.7 Å². The molecule has 1 saturated heterocycles. The number of hydrogen-bond acceptors (Lipinski definition) is 8.